The third kappa shape index (κ3) is 3.18. The zero-order valence-corrected chi connectivity index (χ0v) is 7.87. The molecule has 0 aliphatic carbocycles. The maximum absolute atomic E-state index is 12.4. The first kappa shape index (κ1) is 12.4. The molecule has 0 saturated heterocycles. The van der Waals surface area contributed by atoms with E-state index < -0.39 is 19.0 Å². The summed E-state index contributed by atoms with van der Waals surface area (Å²) in [6.45, 7) is -1.46. The molecule has 3 nitrogen and oxygen atoms in total. The molecule has 0 aromatic carbocycles. The number of rotatable bonds is 5. The van der Waals surface area contributed by atoms with Gasteiger partial charge in [-0.25, -0.2) is 13.8 Å². The molecule has 0 atom stereocenters. The zero-order chi connectivity index (χ0) is 12.2. The molecule has 0 bridgehead atoms. The lowest BCUT2D eigenvalue weighted by atomic mass is 10.3. The Labute approximate surface area is 88.0 Å². The largest absolute Gasteiger partial charge is 0.471 e. The topological polar surface area (TPSA) is 39.2 Å². The number of aromatic nitrogens is 1. The Morgan fingerprint density at radius 3 is 2.56 bits per heavy atom. The molecule has 0 spiro atoms. The van der Waals surface area contributed by atoms with Crippen LogP contribution in [0.5, 0.6) is 5.88 Å². The van der Waals surface area contributed by atoms with Crippen LogP contribution in [0, 0.1) is 0 Å². The molecule has 88 valence electrons. The zero-order valence-electron chi connectivity index (χ0n) is 7.87. The Hall–Kier alpha value is -1.66. The maximum atomic E-state index is 12.4. The molecule has 16 heavy (non-hydrogen) atoms. The molecule has 0 amide bonds. The van der Waals surface area contributed by atoms with Crippen LogP contribution in [-0.2, 0) is 0 Å². The van der Waals surface area contributed by atoms with Crippen molar-refractivity contribution in [2.24, 2.45) is 0 Å². The summed E-state index contributed by atoms with van der Waals surface area (Å²) in [5, 5.41) is 0. The van der Waals surface area contributed by atoms with Gasteiger partial charge in [-0.3, -0.25) is 4.79 Å². The van der Waals surface area contributed by atoms with Crippen molar-refractivity contribution in [1.82, 2.24) is 4.98 Å². The standard InChI is InChI=1S/C9H7F4NO2/c10-8(11)9(12,13)5-16-7-2-1-6(4-15)3-14-7/h1-4,8H,5H2. The maximum Gasteiger partial charge on any atom is 0.340 e. The number of hydrogen-bond donors (Lipinski definition) is 0. The summed E-state index contributed by atoms with van der Waals surface area (Å²) in [6, 6.07) is 2.42. The summed E-state index contributed by atoms with van der Waals surface area (Å²) < 4.78 is 52.7. The highest BCUT2D eigenvalue weighted by molar-refractivity contribution is 5.73. The van der Waals surface area contributed by atoms with E-state index in [9.17, 15) is 22.4 Å². The summed E-state index contributed by atoms with van der Waals surface area (Å²) in [5.74, 6) is -4.46. The summed E-state index contributed by atoms with van der Waals surface area (Å²) in [4.78, 5) is 13.7. The highest BCUT2D eigenvalue weighted by Gasteiger charge is 2.41. The number of carbonyl (C=O) groups is 1. The highest BCUT2D eigenvalue weighted by atomic mass is 19.3. The summed E-state index contributed by atoms with van der Waals surface area (Å²) >= 11 is 0. The van der Waals surface area contributed by atoms with Gasteiger partial charge in [-0.15, -0.1) is 0 Å². The Kier molecular flexibility index (Phi) is 3.81. The van der Waals surface area contributed by atoms with Crippen molar-refractivity contribution >= 4 is 6.29 Å². The van der Waals surface area contributed by atoms with E-state index in [-0.39, 0.29) is 11.4 Å². The second-order valence-electron chi connectivity index (χ2n) is 2.90. The Balaban J connectivity index is 2.58. The van der Waals surface area contributed by atoms with Gasteiger partial charge in [-0.2, -0.15) is 8.78 Å². The third-order valence-electron chi connectivity index (χ3n) is 1.63. The first-order chi connectivity index (χ1) is 7.45. The summed E-state index contributed by atoms with van der Waals surface area (Å²) in [7, 11) is 0. The first-order valence-corrected chi connectivity index (χ1v) is 4.15. The minimum atomic E-state index is -4.22. The molecule has 0 aliphatic heterocycles. The molecule has 0 fully saturated rings. The second-order valence-corrected chi connectivity index (χ2v) is 2.90. The van der Waals surface area contributed by atoms with Gasteiger partial charge in [0.2, 0.25) is 5.88 Å². The quantitative estimate of drug-likeness (QED) is 0.582. The molecule has 7 heteroatoms. The molecule has 1 heterocycles. The number of ether oxygens (including phenoxy) is 1. The first-order valence-electron chi connectivity index (χ1n) is 4.15. The SMILES string of the molecule is O=Cc1ccc(OCC(F)(F)C(F)F)nc1. The Bertz CT molecular complexity index is 353. The van der Waals surface area contributed by atoms with Crippen LogP contribution in [0.1, 0.15) is 10.4 Å². The number of nitrogens with zero attached hydrogens (tertiary/aromatic N) is 1. The van der Waals surface area contributed by atoms with Gasteiger partial charge in [-0.1, -0.05) is 0 Å². The molecule has 0 N–H and O–H groups in total. The van der Waals surface area contributed by atoms with Gasteiger partial charge in [0.05, 0.1) is 0 Å². The van der Waals surface area contributed by atoms with Gasteiger partial charge in [0.25, 0.3) is 0 Å². The lowest BCUT2D eigenvalue weighted by molar-refractivity contribution is -0.148. The van der Waals surface area contributed by atoms with Gasteiger partial charge in [0, 0.05) is 17.8 Å². The van der Waals surface area contributed by atoms with Crippen LogP contribution in [0.25, 0.3) is 0 Å². The lowest BCUT2D eigenvalue weighted by Crippen LogP contribution is -2.33. The van der Waals surface area contributed by atoms with Crippen molar-refractivity contribution in [3.8, 4) is 5.88 Å². The minimum Gasteiger partial charge on any atom is -0.471 e. The number of carbonyl (C=O) groups excluding carboxylic acids is 1. The van der Waals surface area contributed by atoms with Crippen LogP contribution in [0.4, 0.5) is 17.6 Å². The van der Waals surface area contributed by atoms with Crippen LogP contribution in [0.15, 0.2) is 18.3 Å². The average Bonchev–Trinajstić information content (AvgIpc) is 2.27. The van der Waals surface area contributed by atoms with Gasteiger partial charge in [0.1, 0.15) is 0 Å². The molecule has 0 unspecified atom stereocenters. The molecule has 1 aromatic heterocycles. The van der Waals surface area contributed by atoms with E-state index >= 15 is 0 Å². The van der Waals surface area contributed by atoms with Crippen molar-refractivity contribution in [2.75, 3.05) is 6.61 Å². The number of hydrogen-bond acceptors (Lipinski definition) is 3. The molecule has 0 aliphatic rings. The molecular weight excluding hydrogens is 230 g/mol. The fraction of sp³-hybridized carbons (Fsp3) is 0.333. The number of aldehydes is 1. The fourth-order valence-electron chi connectivity index (χ4n) is 0.780. The minimum absolute atomic E-state index is 0.230. The lowest BCUT2D eigenvalue weighted by Gasteiger charge is -2.15. The summed E-state index contributed by atoms with van der Waals surface area (Å²) in [5.41, 5.74) is 0.230. The van der Waals surface area contributed by atoms with Crippen molar-refractivity contribution in [2.45, 2.75) is 12.3 Å². The van der Waals surface area contributed by atoms with E-state index in [4.69, 9.17) is 0 Å². The normalized spacial score (nSPS) is 11.6. The van der Waals surface area contributed by atoms with Crippen molar-refractivity contribution in [3.63, 3.8) is 0 Å². The van der Waals surface area contributed by atoms with E-state index in [1.54, 1.807) is 0 Å². The van der Waals surface area contributed by atoms with Crippen LogP contribution in [-0.4, -0.2) is 30.2 Å². The van der Waals surface area contributed by atoms with Gasteiger partial charge >= 0.3 is 12.3 Å². The van der Waals surface area contributed by atoms with E-state index in [1.165, 1.54) is 6.07 Å². The molecule has 1 rings (SSSR count). The van der Waals surface area contributed by atoms with E-state index in [0.717, 1.165) is 12.3 Å². The second kappa shape index (κ2) is 4.91. The van der Waals surface area contributed by atoms with Crippen LogP contribution < -0.4 is 4.74 Å². The number of pyridine rings is 1. The van der Waals surface area contributed by atoms with Gasteiger partial charge in [0.15, 0.2) is 12.9 Å². The predicted molar refractivity (Wildman–Crippen MR) is 46.1 cm³/mol. The molecule has 0 saturated carbocycles. The fourth-order valence-corrected chi connectivity index (χ4v) is 0.780. The monoisotopic (exact) mass is 237 g/mol. The van der Waals surface area contributed by atoms with Crippen molar-refractivity contribution < 1.29 is 27.1 Å². The van der Waals surface area contributed by atoms with Gasteiger partial charge < -0.3 is 4.74 Å². The van der Waals surface area contributed by atoms with Crippen molar-refractivity contribution in [1.29, 1.82) is 0 Å². The number of halogens is 4. The predicted octanol–water partition coefficient (Wildman–Crippen LogP) is 2.17. The summed E-state index contributed by atoms with van der Waals surface area (Å²) in [6.07, 6.45) is -2.20. The van der Waals surface area contributed by atoms with Gasteiger partial charge in [-0.05, 0) is 6.07 Å². The van der Waals surface area contributed by atoms with Crippen LogP contribution >= 0.6 is 0 Å². The van der Waals surface area contributed by atoms with E-state index in [1.807, 2.05) is 0 Å². The third-order valence-corrected chi connectivity index (χ3v) is 1.63. The molecule has 0 radical (unpaired) electrons. The highest BCUT2D eigenvalue weighted by Crippen LogP contribution is 2.23. The van der Waals surface area contributed by atoms with E-state index in [2.05, 4.69) is 9.72 Å². The molecule has 1 aromatic rings. The Morgan fingerprint density at radius 2 is 2.12 bits per heavy atom. The van der Waals surface area contributed by atoms with Crippen LogP contribution in [0.2, 0.25) is 0 Å². The van der Waals surface area contributed by atoms with E-state index in [0.29, 0.717) is 6.29 Å². The average molecular weight is 237 g/mol. The number of alkyl halides is 4. The Morgan fingerprint density at radius 1 is 1.44 bits per heavy atom. The smallest absolute Gasteiger partial charge is 0.340 e. The van der Waals surface area contributed by atoms with Crippen molar-refractivity contribution in [3.05, 3.63) is 23.9 Å². The molecular formula is C9H7F4NO2. The van der Waals surface area contributed by atoms with Crippen LogP contribution in [0.3, 0.4) is 0 Å².